The van der Waals surface area contributed by atoms with Crippen molar-refractivity contribution in [3.63, 3.8) is 0 Å². The molecule has 0 bridgehead atoms. The lowest BCUT2D eigenvalue weighted by molar-refractivity contribution is 0.101. The summed E-state index contributed by atoms with van der Waals surface area (Å²) in [7, 11) is 3.48. The number of hydrogen-bond acceptors (Lipinski definition) is 4. The van der Waals surface area contributed by atoms with Gasteiger partial charge in [0.1, 0.15) is 11.4 Å². The summed E-state index contributed by atoms with van der Waals surface area (Å²) in [6.45, 7) is 0.206. The quantitative estimate of drug-likeness (QED) is 0.804. The Bertz CT molecular complexity index is 946. The zero-order valence-electron chi connectivity index (χ0n) is 13.3. The third-order valence-corrected chi connectivity index (χ3v) is 4.12. The first-order valence-electron chi connectivity index (χ1n) is 7.50. The van der Waals surface area contributed by atoms with Gasteiger partial charge in [-0.15, -0.1) is 0 Å². The first-order valence-corrected chi connectivity index (χ1v) is 7.50. The minimum absolute atomic E-state index is 0.188. The fraction of sp³-hybridized carbons (Fsp3) is 0.167. The van der Waals surface area contributed by atoms with E-state index in [0.717, 1.165) is 16.7 Å². The third-order valence-electron chi connectivity index (χ3n) is 4.12. The highest BCUT2D eigenvalue weighted by atomic mass is 16.7. The molecule has 0 spiro atoms. The van der Waals surface area contributed by atoms with Gasteiger partial charge in [-0.2, -0.15) is 0 Å². The molecule has 1 aliphatic rings. The highest BCUT2D eigenvalue weighted by Gasteiger charge is 2.17. The van der Waals surface area contributed by atoms with E-state index in [-0.39, 0.29) is 12.7 Å². The summed E-state index contributed by atoms with van der Waals surface area (Å²) in [6.07, 6.45) is 0. The number of nitrogens with one attached hydrogen (secondary N) is 1. The predicted octanol–water partition coefficient (Wildman–Crippen LogP) is 3.17. The summed E-state index contributed by atoms with van der Waals surface area (Å²) in [5.41, 5.74) is 2.16. The van der Waals surface area contributed by atoms with Crippen molar-refractivity contribution in [2.24, 2.45) is 7.05 Å². The van der Waals surface area contributed by atoms with Crippen LogP contribution in [0, 0.1) is 0 Å². The predicted molar refractivity (Wildman–Crippen MR) is 90.0 cm³/mol. The van der Waals surface area contributed by atoms with Crippen LogP contribution in [0.1, 0.15) is 10.5 Å². The monoisotopic (exact) mass is 324 g/mol. The van der Waals surface area contributed by atoms with Gasteiger partial charge in [0.05, 0.1) is 12.6 Å². The number of amides is 1. The smallest absolute Gasteiger partial charge is 0.272 e. The number of benzene rings is 2. The number of nitrogens with zero attached hydrogens (tertiary/aromatic N) is 1. The van der Waals surface area contributed by atoms with Crippen molar-refractivity contribution in [2.45, 2.75) is 0 Å². The molecular formula is C18H16N2O4. The number of aryl methyl sites for hydroxylation is 1. The first kappa shape index (κ1) is 14.4. The zero-order valence-corrected chi connectivity index (χ0v) is 13.3. The number of methoxy groups -OCH3 is 1. The summed E-state index contributed by atoms with van der Waals surface area (Å²) >= 11 is 0. The molecular weight excluding hydrogens is 308 g/mol. The Morgan fingerprint density at radius 2 is 1.96 bits per heavy atom. The van der Waals surface area contributed by atoms with Crippen molar-refractivity contribution in [3.05, 3.63) is 48.2 Å². The first-order chi connectivity index (χ1) is 11.7. The standard InChI is InChI=1S/C18H16N2O4/c1-20-14-9-13(22-2)5-3-11(14)7-15(20)18(21)19-12-4-6-16-17(8-12)24-10-23-16/h3-9H,10H2,1-2H3,(H,19,21). The molecule has 0 aliphatic carbocycles. The van der Waals surface area contributed by atoms with Gasteiger partial charge >= 0.3 is 0 Å². The van der Waals surface area contributed by atoms with E-state index in [4.69, 9.17) is 14.2 Å². The number of anilines is 1. The van der Waals surface area contributed by atoms with Crippen molar-refractivity contribution in [1.29, 1.82) is 0 Å². The number of hydrogen-bond donors (Lipinski definition) is 1. The lowest BCUT2D eigenvalue weighted by Gasteiger charge is -2.07. The molecule has 122 valence electrons. The maximum atomic E-state index is 12.6. The van der Waals surface area contributed by atoms with Crippen molar-refractivity contribution in [1.82, 2.24) is 4.57 Å². The number of rotatable bonds is 3. The average molecular weight is 324 g/mol. The topological polar surface area (TPSA) is 61.7 Å². The van der Waals surface area contributed by atoms with Gasteiger partial charge in [0.15, 0.2) is 11.5 Å². The van der Waals surface area contributed by atoms with Crippen LogP contribution >= 0.6 is 0 Å². The molecule has 1 N–H and O–H groups in total. The molecule has 0 saturated carbocycles. The normalized spacial score (nSPS) is 12.4. The molecule has 24 heavy (non-hydrogen) atoms. The van der Waals surface area contributed by atoms with E-state index in [1.807, 2.05) is 35.9 Å². The van der Waals surface area contributed by atoms with Crippen LogP contribution in [-0.2, 0) is 7.05 Å². The van der Waals surface area contributed by atoms with Crippen LogP contribution in [0.4, 0.5) is 5.69 Å². The summed E-state index contributed by atoms with van der Waals surface area (Å²) in [5.74, 6) is 1.89. The third kappa shape index (κ3) is 2.32. The number of aromatic nitrogens is 1. The van der Waals surface area contributed by atoms with Gasteiger partial charge in [0.2, 0.25) is 6.79 Å². The lowest BCUT2D eigenvalue weighted by atomic mass is 10.2. The number of carbonyl (C=O) groups excluding carboxylic acids is 1. The fourth-order valence-corrected chi connectivity index (χ4v) is 2.82. The van der Waals surface area contributed by atoms with Crippen LogP contribution in [0.3, 0.4) is 0 Å². The molecule has 1 aromatic heterocycles. The molecule has 2 heterocycles. The maximum absolute atomic E-state index is 12.6. The highest BCUT2D eigenvalue weighted by molar-refractivity contribution is 6.06. The molecule has 6 heteroatoms. The van der Waals surface area contributed by atoms with Gasteiger partial charge in [0.25, 0.3) is 5.91 Å². The molecule has 4 rings (SSSR count). The lowest BCUT2D eigenvalue weighted by Crippen LogP contribution is -2.15. The van der Waals surface area contributed by atoms with Gasteiger partial charge in [-0.25, -0.2) is 0 Å². The van der Waals surface area contributed by atoms with Crippen LogP contribution in [-0.4, -0.2) is 24.4 Å². The Balaban J connectivity index is 1.64. The average Bonchev–Trinajstić information content (AvgIpc) is 3.18. The van der Waals surface area contributed by atoms with E-state index < -0.39 is 0 Å². The van der Waals surface area contributed by atoms with Gasteiger partial charge in [0, 0.05) is 30.3 Å². The molecule has 6 nitrogen and oxygen atoms in total. The van der Waals surface area contributed by atoms with E-state index in [1.165, 1.54) is 0 Å². The van der Waals surface area contributed by atoms with Crippen molar-refractivity contribution >= 4 is 22.5 Å². The summed E-state index contributed by atoms with van der Waals surface area (Å²) in [5, 5.41) is 3.87. The molecule has 2 aromatic carbocycles. The van der Waals surface area contributed by atoms with Gasteiger partial charge in [-0.05, 0) is 30.3 Å². The number of carbonyl (C=O) groups is 1. The Hall–Kier alpha value is -3.15. The van der Waals surface area contributed by atoms with Crippen molar-refractivity contribution < 1.29 is 19.0 Å². The maximum Gasteiger partial charge on any atom is 0.272 e. The number of fused-ring (bicyclic) bond motifs is 2. The minimum atomic E-state index is -0.188. The van der Waals surface area contributed by atoms with Crippen molar-refractivity contribution in [2.75, 3.05) is 19.2 Å². The fourth-order valence-electron chi connectivity index (χ4n) is 2.82. The summed E-state index contributed by atoms with van der Waals surface area (Å²) in [4.78, 5) is 12.6. The van der Waals surface area contributed by atoms with Crippen molar-refractivity contribution in [3.8, 4) is 17.2 Å². The molecule has 0 unspecified atom stereocenters. The molecule has 0 saturated heterocycles. The SMILES string of the molecule is COc1ccc2cc(C(=O)Nc3ccc4c(c3)OCO4)n(C)c2c1. The van der Waals surface area contributed by atoms with Crippen LogP contribution in [0.2, 0.25) is 0 Å². The highest BCUT2D eigenvalue weighted by Crippen LogP contribution is 2.34. The van der Waals surface area contributed by atoms with E-state index in [1.54, 1.807) is 25.3 Å². The largest absolute Gasteiger partial charge is 0.497 e. The van der Waals surface area contributed by atoms with Gasteiger partial charge < -0.3 is 24.1 Å². The van der Waals surface area contributed by atoms with E-state index in [2.05, 4.69) is 5.32 Å². The number of ether oxygens (including phenoxy) is 3. The Morgan fingerprint density at radius 3 is 2.79 bits per heavy atom. The Labute approximate surface area is 138 Å². The van der Waals surface area contributed by atoms with Crippen LogP contribution < -0.4 is 19.5 Å². The zero-order chi connectivity index (χ0) is 16.7. The molecule has 0 radical (unpaired) electrons. The van der Waals surface area contributed by atoms with Gasteiger partial charge in [-0.3, -0.25) is 4.79 Å². The van der Waals surface area contributed by atoms with E-state index >= 15 is 0 Å². The summed E-state index contributed by atoms with van der Waals surface area (Å²) in [6, 6.07) is 12.9. The van der Waals surface area contributed by atoms with E-state index in [0.29, 0.717) is 22.9 Å². The summed E-state index contributed by atoms with van der Waals surface area (Å²) < 4.78 is 17.7. The molecule has 1 amide bonds. The second-order valence-electron chi connectivity index (χ2n) is 5.54. The molecule has 3 aromatic rings. The Kier molecular flexibility index (Phi) is 3.30. The van der Waals surface area contributed by atoms with Crippen LogP contribution in [0.15, 0.2) is 42.5 Å². The minimum Gasteiger partial charge on any atom is -0.497 e. The van der Waals surface area contributed by atoms with Crippen LogP contribution in [0.5, 0.6) is 17.2 Å². The Morgan fingerprint density at radius 1 is 1.12 bits per heavy atom. The molecule has 1 aliphatic heterocycles. The van der Waals surface area contributed by atoms with Gasteiger partial charge in [-0.1, -0.05) is 0 Å². The second-order valence-corrected chi connectivity index (χ2v) is 5.54. The molecule has 0 atom stereocenters. The van der Waals surface area contributed by atoms with Crippen LogP contribution in [0.25, 0.3) is 10.9 Å². The van der Waals surface area contributed by atoms with E-state index in [9.17, 15) is 4.79 Å². The molecule has 0 fully saturated rings. The second kappa shape index (κ2) is 5.49.